The highest BCUT2D eigenvalue weighted by Gasteiger charge is 2.37. The maximum atomic E-state index is 13.2. The summed E-state index contributed by atoms with van der Waals surface area (Å²) in [6.07, 6.45) is 4.12. The molecule has 2 N–H and O–H groups in total. The van der Waals surface area contributed by atoms with Gasteiger partial charge in [0, 0.05) is 6.54 Å². The molecule has 0 saturated carbocycles. The molecule has 2 fully saturated rings. The van der Waals surface area contributed by atoms with Crippen LogP contribution in [0, 0.1) is 6.92 Å². The van der Waals surface area contributed by atoms with Crippen LogP contribution in [0.3, 0.4) is 0 Å². The van der Waals surface area contributed by atoms with Gasteiger partial charge in [-0.3, -0.25) is 4.79 Å². The number of nitrogens with two attached hydrogens (primary N) is 1. The number of rotatable bonds is 2. The summed E-state index contributed by atoms with van der Waals surface area (Å²) < 4.78 is 11.3. The second-order valence-electron chi connectivity index (χ2n) is 6.17. The number of aromatic nitrogens is 2. The molecule has 2 aliphatic heterocycles. The van der Waals surface area contributed by atoms with Gasteiger partial charge in [0.15, 0.2) is 6.29 Å². The summed E-state index contributed by atoms with van der Waals surface area (Å²) >= 11 is 1.38. The van der Waals surface area contributed by atoms with Crippen molar-refractivity contribution < 1.29 is 14.3 Å². The number of ether oxygens (including phenoxy) is 2. The molecule has 2 aliphatic rings. The minimum absolute atomic E-state index is 0.0127. The van der Waals surface area contributed by atoms with Crippen molar-refractivity contribution in [2.24, 2.45) is 0 Å². The van der Waals surface area contributed by atoms with Gasteiger partial charge in [-0.2, -0.15) is 0 Å². The second-order valence-corrected chi connectivity index (χ2v) is 7.17. The van der Waals surface area contributed by atoms with E-state index in [1.807, 2.05) is 11.8 Å². The molecule has 7 nitrogen and oxygen atoms in total. The number of amides is 1. The fraction of sp³-hybridized carbons (Fsp3) is 0.562. The Morgan fingerprint density at radius 1 is 1.33 bits per heavy atom. The van der Waals surface area contributed by atoms with Gasteiger partial charge < -0.3 is 20.1 Å². The number of hydrogen-bond donors (Lipinski definition) is 1. The topological polar surface area (TPSA) is 90.6 Å². The average Bonchev–Trinajstić information content (AvgIpc) is 3.23. The highest BCUT2D eigenvalue weighted by molar-refractivity contribution is 7.20. The molecule has 1 atom stereocenters. The Bertz CT molecular complexity index is 772. The molecule has 0 aliphatic carbocycles. The van der Waals surface area contributed by atoms with E-state index in [9.17, 15) is 4.79 Å². The number of likely N-dealkylation sites (tertiary alicyclic amines) is 1. The van der Waals surface area contributed by atoms with Crippen molar-refractivity contribution in [3.05, 3.63) is 16.8 Å². The highest BCUT2D eigenvalue weighted by atomic mass is 32.1. The quantitative estimate of drug-likeness (QED) is 0.892. The number of nitrogen functional groups attached to an aromatic ring is 1. The molecule has 2 aromatic heterocycles. The van der Waals surface area contributed by atoms with Gasteiger partial charge in [-0.1, -0.05) is 0 Å². The lowest BCUT2D eigenvalue weighted by molar-refractivity contribution is -0.100. The van der Waals surface area contributed by atoms with Crippen LogP contribution in [0.1, 0.15) is 34.5 Å². The van der Waals surface area contributed by atoms with Crippen molar-refractivity contribution in [1.29, 1.82) is 0 Å². The number of aryl methyl sites for hydroxylation is 1. The summed E-state index contributed by atoms with van der Waals surface area (Å²) in [5.74, 6) is 0.434. The first-order valence-electron chi connectivity index (χ1n) is 8.20. The maximum absolute atomic E-state index is 13.2. The average molecular weight is 348 g/mol. The summed E-state index contributed by atoms with van der Waals surface area (Å²) in [7, 11) is 0. The summed E-state index contributed by atoms with van der Waals surface area (Å²) in [4.78, 5) is 24.8. The van der Waals surface area contributed by atoms with Crippen LogP contribution in [0.15, 0.2) is 6.33 Å². The Labute approximate surface area is 143 Å². The number of carbonyl (C=O) groups is 1. The number of nitrogens with zero attached hydrogens (tertiary/aromatic N) is 3. The lowest BCUT2D eigenvalue weighted by atomic mass is 10.0. The SMILES string of the molecule is Cc1c(C(=O)N2CCCCC2C2OCCO2)sc2ncnc(N)c12. The van der Waals surface area contributed by atoms with Crippen molar-refractivity contribution in [2.75, 3.05) is 25.5 Å². The van der Waals surface area contributed by atoms with Gasteiger partial charge in [-0.15, -0.1) is 11.3 Å². The molecule has 24 heavy (non-hydrogen) atoms. The number of thiophene rings is 1. The molecule has 128 valence electrons. The van der Waals surface area contributed by atoms with Crippen LogP contribution in [0.2, 0.25) is 0 Å². The van der Waals surface area contributed by atoms with Crippen molar-refractivity contribution in [2.45, 2.75) is 38.5 Å². The molecule has 4 rings (SSSR count). The van der Waals surface area contributed by atoms with E-state index in [2.05, 4.69) is 9.97 Å². The van der Waals surface area contributed by atoms with Crippen molar-refractivity contribution in [3.8, 4) is 0 Å². The number of carbonyl (C=O) groups excluding carboxylic acids is 1. The molecule has 2 aromatic rings. The molecule has 1 amide bonds. The summed E-state index contributed by atoms with van der Waals surface area (Å²) in [5.41, 5.74) is 6.82. The predicted molar refractivity (Wildman–Crippen MR) is 90.9 cm³/mol. The molecular formula is C16H20N4O3S. The van der Waals surface area contributed by atoms with Crippen LogP contribution in [0.5, 0.6) is 0 Å². The Hall–Kier alpha value is -1.77. The molecule has 8 heteroatoms. The van der Waals surface area contributed by atoms with Crippen LogP contribution >= 0.6 is 11.3 Å². The first-order chi connectivity index (χ1) is 11.7. The van der Waals surface area contributed by atoms with E-state index in [-0.39, 0.29) is 18.2 Å². The third-order valence-electron chi connectivity index (χ3n) is 4.72. The third-order valence-corrected chi connectivity index (χ3v) is 5.91. The zero-order valence-electron chi connectivity index (χ0n) is 13.5. The van der Waals surface area contributed by atoms with Crippen LogP contribution < -0.4 is 5.73 Å². The van der Waals surface area contributed by atoms with Crippen molar-refractivity contribution in [3.63, 3.8) is 0 Å². The molecule has 4 heterocycles. The van der Waals surface area contributed by atoms with E-state index >= 15 is 0 Å². The van der Waals surface area contributed by atoms with Gasteiger partial charge in [0.1, 0.15) is 17.0 Å². The first kappa shape index (κ1) is 15.7. The lowest BCUT2D eigenvalue weighted by Gasteiger charge is -2.37. The fourth-order valence-corrected chi connectivity index (χ4v) is 4.64. The Morgan fingerprint density at radius 3 is 2.88 bits per heavy atom. The van der Waals surface area contributed by atoms with Crippen LogP contribution in [-0.2, 0) is 9.47 Å². The standard InChI is InChI=1S/C16H20N4O3S/c1-9-11-13(17)18-8-19-14(11)24-12(9)15(21)20-5-3-2-4-10(20)16-22-6-7-23-16/h8,10,16H,2-7H2,1H3,(H2,17,18,19). The number of piperidine rings is 1. The van der Waals surface area contributed by atoms with E-state index in [4.69, 9.17) is 15.2 Å². The molecule has 0 bridgehead atoms. The number of fused-ring (bicyclic) bond motifs is 1. The zero-order chi connectivity index (χ0) is 16.7. The van der Waals surface area contributed by atoms with E-state index in [1.165, 1.54) is 17.7 Å². The maximum Gasteiger partial charge on any atom is 0.264 e. The highest BCUT2D eigenvalue weighted by Crippen LogP contribution is 2.34. The summed E-state index contributed by atoms with van der Waals surface area (Å²) in [6.45, 7) is 3.82. The Morgan fingerprint density at radius 2 is 2.12 bits per heavy atom. The van der Waals surface area contributed by atoms with E-state index in [0.29, 0.717) is 23.9 Å². The summed E-state index contributed by atoms with van der Waals surface area (Å²) in [5, 5.41) is 0.785. The number of hydrogen-bond acceptors (Lipinski definition) is 7. The molecule has 0 spiro atoms. The van der Waals surface area contributed by atoms with Gasteiger partial charge in [0.25, 0.3) is 5.91 Å². The van der Waals surface area contributed by atoms with Crippen molar-refractivity contribution in [1.82, 2.24) is 14.9 Å². The largest absolute Gasteiger partial charge is 0.383 e. The second kappa shape index (κ2) is 6.27. The van der Waals surface area contributed by atoms with Gasteiger partial charge in [0.2, 0.25) is 0 Å². The third kappa shape index (κ3) is 2.54. The minimum atomic E-state index is -0.311. The van der Waals surface area contributed by atoms with E-state index in [1.54, 1.807) is 0 Å². The lowest BCUT2D eigenvalue weighted by Crippen LogP contribution is -2.50. The van der Waals surface area contributed by atoms with E-state index in [0.717, 1.165) is 41.6 Å². The van der Waals surface area contributed by atoms with E-state index < -0.39 is 0 Å². The predicted octanol–water partition coefficient (Wildman–Crippen LogP) is 1.95. The molecule has 0 aromatic carbocycles. The monoisotopic (exact) mass is 348 g/mol. The van der Waals surface area contributed by atoms with Gasteiger partial charge in [-0.25, -0.2) is 9.97 Å². The van der Waals surface area contributed by atoms with Gasteiger partial charge in [-0.05, 0) is 31.7 Å². The molecular weight excluding hydrogens is 328 g/mol. The van der Waals surface area contributed by atoms with Gasteiger partial charge >= 0.3 is 0 Å². The van der Waals surface area contributed by atoms with Crippen LogP contribution in [-0.4, -0.2) is 52.9 Å². The summed E-state index contributed by atoms with van der Waals surface area (Å²) in [6, 6.07) is -0.0261. The molecule has 1 unspecified atom stereocenters. The molecule has 2 saturated heterocycles. The normalized spacial score (nSPS) is 22.4. The smallest absolute Gasteiger partial charge is 0.264 e. The fourth-order valence-electron chi connectivity index (χ4n) is 3.52. The van der Waals surface area contributed by atoms with Gasteiger partial charge in [0.05, 0.1) is 29.5 Å². The Kier molecular flexibility index (Phi) is 4.11. The molecule has 0 radical (unpaired) electrons. The zero-order valence-corrected chi connectivity index (χ0v) is 14.3. The minimum Gasteiger partial charge on any atom is -0.383 e. The van der Waals surface area contributed by atoms with Crippen LogP contribution in [0.4, 0.5) is 5.82 Å². The number of anilines is 1. The van der Waals surface area contributed by atoms with Crippen LogP contribution in [0.25, 0.3) is 10.2 Å². The Balaban J connectivity index is 1.69. The van der Waals surface area contributed by atoms with Crippen molar-refractivity contribution >= 4 is 33.3 Å². The first-order valence-corrected chi connectivity index (χ1v) is 9.02.